The molecule has 2 aromatic rings. The molecule has 136 valence electrons. The van der Waals surface area contributed by atoms with E-state index in [2.05, 4.69) is 35.7 Å². The summed E-state index contributed by atoms with van der Waals surface area (Å²) < 4.78 is 0.253. The first kappa shape index (κ1) is 11.7. The molecule has 8 atom stereocenters. The van der Waals surface area contributed by atoms with Gasteiger partial charge in [-0.1, -0.05) is 0 Å². The van der Waals surface area contributed by atoms with E-state index in [1.807, 2.05) is 12.1 Å². The third-order valence-corrected chi connectivity index (χ3v) is 61.1. The van der Waals surface area contributed by atoms with Crippen molar-refractivity contribution in [2.45, 2.75) is 53.6 Å². The number of ketones is 2. The van der Waals surface area contributed by atoms with E-state index in [9.17, 15) is 9.59 Å². The van der Waals surface area contributed by atoms with Crippen LogP contribution in [0, 0.1) is 0 Å². The number of benzene rings is 1. The molecule has 0 saturated carbocycles. The Balaban J connectivity index is 1.17. The van der Waals surface area contributed by atoms with Crippen LogP contribution in [0.4, 0.5) is 0 Å². The van der Waals surface area contributed by atoms with Crippen LogP contribution in [0.3, 0.4) is 0 Å². The van der Waals surface area contributed by atoms with Crippen molar-refractivity contribution in [2.75, 3.05) is 0 Å². The van der Waals surface area contributed by atoms with E-state index in [0.717, 1.165) is 43.4 Å². The number of fused-ring (bicyclic) bond motifs is 10. The zero-order valence-corrected chi connectivity index (χ0v) is 16.4. The van der Waals surface area contributed by atoms with Gasteiger partial charge in [0.25, 0.3) is 0 Å². The van der Waals surface area contributed by atoms with Gasteiger partial charge in [0.1, 0.15) is 0 Å². The molecule has 12 rings (SSSR count). The Bertz CT molecular complexity index is 1640. The van der Waals surface area contributed by atoms with E-state index >= 15 is 0 Å². The summed E-state index contributed by atoms with van der Waals surface area (Å²) in [6.45, 7) is -4.01. The van der Waals surface area contributed by atoms with E-state index in [1.54, 1.807) is 11.3 Å². The van der Waals surface area contributed by atoms with Crippen LogP contribution in [-0.2, 0) is 17.7 Å². The maximum absolute atomic E-state index is 14.0. The van der Waals surface area contributed by atoms with Gasteiger partial charge in [-0.25, -0.2) is 0 Å². The van der Waals surface area contributed by atoms with E-state index < -0.39 is 6.51 Å². The van der Waals surface area contributed by atoms with Gasteiger partial charge in [-0.2, -0.15) is 0 Å². The molecular formula is C23H18FeO2S. The fourth-order valence-electron chi connectivity index (χ4n) is 19.4. The zero-order chi connectivity index (χ0) is 17.3. The first-order valence-electron chi connectivity index (χ1n) is 10.3. The molecule has 1 spiro atoms. The Morgan fingerprint density at radius 1 is 0.852 bits per heavy atom. The van der Waals surface area contributed by atoms with Gasteiger partial charge in [0.05, 0.1) is 0 Å². The molecule has 8 unspecified atom stereocenters. The fourth-order valence-corrected chi connectivity index (χ4v) is 95.9. The predicted molar refractivity (Wildman–Crippen MR) is 99.2 cm³/mol. The first-order chi connectivity index (χ1) is 12.9. The van der Waals surface area contributed by atoms with Gasteiger partial charge < -0.3 is 0 Å². The van der Waals surface area contributed by atoms with Gasteiger partial charge in [0.15, 0.2) is 0 Å². The minimum absolute atomic E-state index is 0.117. The van der Waals surface area contributed by atoms with Crippen molar-refractivity contribution in [3.8, 4) is 0 Å². The summed E-state index contributed by atoms with van der Waals surface area (Å²) in [7, 11) is 0. The van der Waals surface area contributed by atoms with E-state index in [-0.39, 0.29) is 8.63 Å². The monoisotopic (exact) mass is 414 g/mol. The molecule has 10 aliphatic rings. The van der Waals surface area contributed by atoms with Gasteiger partial charge >= 0.3 is 151 Å². The van der Waals surface area contributed by atoms with Crippen molar-refractivity contribution in [2.24, 2.45) is 0 Å². The predicted octanol–water partition coefficient (Wildman–Crippen LogP) is 5.87. The molecule has 4 heteroatoms. The number of rotatable bonds is 5. The molecule has 0 N–H and O–H groups in total. The SMILES string of the molecule is O=C(Cc1ccccc1)[C]12[CH]3[CH]4[CH]5[CH]1[Fe]45321678[CH]2[CH]1[CH]6[C]7(C(=O)c1cccs1)[CH]28. The maximum atomic E-state index is 14.0. The summed E-state index contributed by atoms with van der Waals surface area (Å²) in [4.78, 5) is 36.0. The Morgan fingerprint density at radius 3 is 2.04 bits per heavy atom. The molecular weight excluding hydrogens is 396 g/mol. The van der Waals surface area contributed by atoms with Crippen LogP contribution in [0.25, 0.3) is 0 Å². The Hall–Kier alpha value is -1.22. The summed E-state index contributed by atoms with van der Waals surface area (Å²) in [5.41, 5.74) is 1.19. The number of Topliss-reactive ketones (excluding diaryl/α,β-unsaturated/α-hetero) is 2. The third kappa shape index (κ3) is 0.191. The van der Waals surface area contributed by atoms with Crippen LogP contribution in [0.2, 0.25) is 47.2 Å². The quantitative estimate of drug-likeness (QED) is 0.453. The Morgan fingerprint density at radius 2 is 1.48 bits per heavy atom. The van der Waals surface area contributed by atoms with Crippen LogP contribution in [0.5, 0.6) is 0 Å². The second-order valence-corrected chi connectivity index (χ2v) is 37.3. The second-order valence-electron chi connectivity index (χ2n) is 13.2. The summed E-state index contributed by atoms with van der Waals surface area (Å²) in [5, 5.41) is 2.06. The molecule has 10 aliphatic heterocycles. The molecule has 27 heavy (non-hydrogen) atoms. The number of thiophene rings is 1. The van der Waals surface area contributed by atoms with Crippen molar-refractivity contribution in [1.29, 1.82) is 0 Å². The third-order valence-electron chi connectivity index (χ3n) is 17.5. The minimum atomic E-state index is -4.01. The number of hydrogen-bond acceptors (Lipinski definition) is 3. The number of carbonyl (C=O) groups is 2. The zero-order valence-electron chi connectivity index (χ0n) is 14.5. The van der Waals surface area contributed by atoms with Crippen molar-refractivity contribution >= 4 is 22.9 Å². The molecule has 11 heterocycles. The van der Waals surface area contributed by atoms with Crippen molar-refractivity contribution in [3.05, 3.63) is 58.3 Å². The van der Waals surface area contributed by atoms with Crippen molar-refractivity contribution in [3.63, 3.8) is 0 Å². The fraction of sp³-hybridized carbons (Fsp3) is 0.478. The van der Waals surface area contributed by atoms with E-state index in [0.29, 0.717) is 18.0 Å². The van der Waals surface area contributed by atoms with Crippen LogP contribution in [-0.4, -0.2) is 11.6 Å². The molecule has 0 amide bonds. The van der Waals surface area contributed by atoms with Crippen molar-refractivity contribution in [1.82, 2.24) is 0 Å². The van der Waals surface area contributed by atoms with E-state index in [1.165, 1.54) is 5.56 Å². The molecule has 0 aliphatic carbocycles. The average molecular weight is 414 g/mol. The normalized spacial score (nSPS) is 81.8. The number of hydrogen-bond donors (Lipinski definition) is 0. The summed E-state index contributed by atoms with van der Waals surface area (Å²) in [6, 6.07) is 14.5. The average Bonchev–Trinajstić information content (AvgIpc) is 3.57. The molecule has 0 bridgehead atoms. The van der Waals surface area contributed by atoms with Crippen LogP contribution in [0.1, 0.15) is 15.2 Å². The molecule has 1 aromatic carbocycles. The van der Waals surface area contributed by atoms with Crippen LogP contribution >= 0.6 is 11.3 Å². The van der Waals surface area contributed by atoms with Gasteiger partial charge in [-0.3, -0.25) is 0 Å². The topological polar surface area (TPSA) is 34.1 Å². The number of carbonyl (C=O) groups excluding carboxylic acids is 2. The molecule has 2 nitrogen and oxygen atoms in total. The molecule has 10 fully saturated rings. The molecule has 1 aromatic heterocycles. The van der Waals surface area contributed by atoms with Gasteiger partial charge in [0.2, 0.25) is 0 Å². The van der Waals surface area contributed by atoms with Gasteiger partial charge in [-0.15, -0.1) is 0 Å². The Labute approximate surface area is 150 Å². The Kier molecular flexibility index (Phi) is 0.586. The standard InChI is InChI=1S/C13H11O.C10H7OS.Fe/c14-13(12-8-4-5-9-12)10-11-6-2-1-3-7-11;11-10(8-4-1-2-5-8)9-6-3-7-12-9;/h1-9H,10H2;1-7H;. The molecule has 0 radical (unpaired) electrons. The second kappa shape index (κ2) is 1.35. The van der Waals surface area contributed by atoms with Gasteiger partial charge in [-0.05, 0) is 0 Å². The molecule has 10 saturated heterocycles. The van der Waals surface area contributed by atoms with Crippen LogP contribution in [0.15, 0.2) is 47.8 Å². The summed E-state index contributed by atoms with van der Waals surface area (Å²) >= 11 is 1.65. The summed E-state index contributed by atoms with van der Waals surface area (Å²) in [6.07, 6.45) is 0.640. The van der Waals surface area contributed by atoms with Crippen molar-refractivity contribution < 1.29 is 16.1 Å². The van der Waals surface area contributed by atoms with Gasteiger partial charge in [0, 0.05) is 0 Å². The first-order valence-corrected chi connectivity index (χ1v) is 17.4. The van der Waals surface area contributed by atoms with E-state index in [4.69, 9.17) is 0 Å². The van der Waals surface area contributed by atoms with Crippen LogP contribution < -0.4 is 0 Å². The summed E-state index contributed by atoms with van der Waals surface area (Å²) in [5.74, 6) is 1.16.